The van der Waals surface area contributed by atoms with Crippen LogP contribution in [0.5, 0.6) is 5.75 Å². The molecule has 1 aromatic heterocycles. The van der Waals surface area contributed by atoms with Crippen molar-refractivity contribution < 1.29 is 24.2 Å². The summed E-state index contributed by atoms with van der Waals surface area (Å²) >= 11 is 0. The van der Waals surface area contributed by atoms with Gasteiger partial charge in [0.25, 0.3) is 0 Å². The molecule has 1 saturated heterocycles. The van der Waals surface area contributed by atoms with Gasteiger partial charge in [0.15, 0.2) is 0 Å². The third-order valence-electron chi connectivity index (χ3n) is 4.18. The lowest BCUT2D eigenvalue weighted by atomic mass is 10.1. The maximum absolute atomic E-state index is 12.2. The number of benzene rings is 1. The van der Waals surface area contributed by atoms with Crippen LogP contribution in [0.2, 0.25) is 0 Å². The molecule has 2 atom stereocenters. The summed E-state index contributed by atoms with van der Waals surface area (Å²) in [4.78, 5) is 27.1. The molecule has 1 amide bonds. The molecule has 2 N–H and O–H groups in total. The fourth-order valence-electron chi connectivity index (χ4n) is 2.77. The SMILES string of the molecule is O=C(CCn1ccnc1)N[C@@H]1COCC[C@H]1Oc1ccc(C(=O)O)cc1. The van der Waals surface area contributed by atoms with Gasteiger partial charge in [0.2, 0.25) is 5.91 Å². The van der Waals surface area contributed by atoms with E-state index in [1.165, 1.54) is 12.1 Å². The molecule has 0 spiro atoms. The van der Waals surface area contributed by atoms with Gasteiger partial charge in [-0.15, -0.1) is 0 Å². The summed E-state index contributed by atoms with van der Waals surface area (Å²) in [6.45, 7) is 1.50. The number of aromatic carboxylic acids is 1. The van der Waals surface area contributed by atoms with E-state index in [4.69, 9.17) is 14.6 Å². The number of amides is 1. The summed E-state index contributed by atoms with van der Waals surface area (Å²) in [6.07, 6.45) is 5.91. The van der Waals surface area contributed by atoms with Crippen molar-refractivity contribution >= 4 is 11.9 Å². The van der Waals surface area contributed by atoms with Gasteiger partial charge in [-0.2, -0.15) is 0 Å². The van der Waals surface area contributed by atoms with Crippen LogP contribution in [0, 0.1) is 0 Å². The van der Waals surface area contributed by atoms with Crippen LogP contribution >= 0.6 is 0 Å². The Hall–Kier alpha value is -2.87. The minimum absolute atomic E-state index is 0.0796. The summed E-state index contributed by atoms with van der Waals surface area (Å²) in [5.74, 6) is -0.491. The van der Waals surface area contributed by atoms with E-state index in [0.29, 0.717) is 38.3 Å². The third-order valence-corrected chi connectivity index (χ3v) is 4.18. The molecule has 0 radical (unpaired) electrons. The number of nitrogens with zero attached hydrogens (tertiary/aromatic N) is 2. The van der Waals surface area contributed by atoms with Gasteiger partial charge < -0.3 is 24.5 Å². The molecule has 2 aromatic rings. The van der Waals surface area contributed by atoms with Crippen molar-refractivity contribution in [3.63, 3.8) is 0 Å². The molecule has 0 unspecified atom stereocenters. The van der Waals surface area contributed by atoms with Gasteiger partial charge in [-0.25, -0.2) is 9.78 Å². The Bertz CT molecular complexity index is 730. The highest BCUT2D eigenvalue weighted by Crippen LogP contribution is 2.19. The molecule has 26 heavy (non-hydrogen) atoms. The molecule has 0 bridgehead atoms. The first-order chi connectivity index (χ1) is 12.6. The van der Waals surface area contributed by atoms with Crippen molar-refractivity contribution in [1.82, 2.24) is 14.9 Å². The highest BCUT2D eigenvalue weighted by Gasteiger charge is 2.29. The zero-order chi connectivity index (χ0) is 18.4. The summed E-state index contributed by atoms with van der Waals surface area (Å²) in [5, 5.41) is 11.9. The number of imidazole rings is 1. The Balaban J connectivity index is 1.55. The number of carboxylic acid groups (broad SMARTS) is 1. The quantitative estimate of drug-likeness (QED) is 0.773. The number of aryl methyl sites for hydroxylation is 1. The molecular formula is C18H21N3O5. The molecule has 1 aromatic carbocycles. The fraction of sp³-hybridized carbons (Fsp3) is 0.389. The highest BCUT2D eigenvalue weighted by molar-refractivity contribution is 5.87. The van der Waals surface area contributed by atoms with E-state index in [2.05, 4.69) is 10.3 Å². The molecule has 0 aliphatic carbocycles. The van der Waals surface area contributed by atoms with Gasteiger partial charge >= 0.3 is 5.97 Å². The lowest BCUT2D eigenvalue weighted by Gasteiger charge is -2.32. The second kappa shape index (κ2) is 8.48. The van der Waals surface area contributed by atoms with Crippen LogP contribution in [-0.2, 0) is 16.1 Å². The van der Waals surface area contributed by atoms with Crippen molar-refractivity contribution in [2.75, 3.05) is 13.2 Å². The number of hydrogen-bond acceptors (Lipinski definition) is 5. The second-order valence-electron chi connectivity index (χ2n) is 6.07. The first-order valence-electron chi connectivity index (χ1n) is 8.44. The third kappa shape index (κ3) is 4.82. The topological polar surface area (TPSA) is 103 Å². The maximum atomic E-state index is 12.2. The molecular weight excluding hydrogens is 338 g/mol. The van der Waals surface area contributed by atoms with Crippen LogP contribution in [-0.4, -0.2) is 51.9 Å². The van der Waals surface area contributed by atoms with Gasteiger partial charge in [0.05, 0.1) is 31.1 Å². The van der Waals surface area contributed by atoms with E-state index in [0.717, 1.165) is 0 Å². The van der Waals surface area contributed by atoms with Gasteiger partial charge in [-0.3, -0.25) is 4.79 Å². The molecule has 1 aliphatic heterocycles. The minimum atomic E-state index is -0.981. The lowest BCUT2D eigenvalue weighted by Crippen LogP contribution is -2.51. The van der Waals surface area contributed by atoms with Crippen molar-refractivity contribution in [2.24, 2.45) is 0 Å². The number of ether oxygens (including phenoxy) is 2. The first-order valence-corrected chi connectivity index (χ1v) is 8.44. The van der Waals surface area contributed by atoms with Crippen molar-refractivity contribution in [3.8, 4) is 5.75 Å². The number of nitrogens with one attached hydrogen (secondary N) is 1. The van der Waals surface area contributed by atoms with E-state index < -0.39 is 5.97 Å². The average molecular weight is 359 g/mol. The predicted molar refractivity (Wildman–Crippen MR) is 92.0 cm³/mol. The van der Waals surface area contributed by atoms with Crippen LogP contribution in [0.3, 0.4) is 0 Å². The Morgan fingerprint density at radius 1 is 1.35 bits per heavy atom. The van der Waals surface area contributed by atoms with Gasteiger partial charge in [0.1, 0.15) is 11.9 Å². The number of aromatic nitrogens is 2. The normalized spacial score (nSPS) is 19.7. The zero-order valence-electron chi connectivity index (χ0n) is 14.2. The zero-order valence-corrected chi connectivity index (χ0v) is 14.2. The van der Waals surface area contributed by atoms with Gasteiger partial charge in [0, 0.05) is 31.8 Å². The predicted octanol–water partition coefficient (Wildman–Crippen LogP) is 1.32. The first kappa shape index (κ1) is 17.9. The van der Waals surface area contributed by atoms with Crippen LogP contribution in [0.25, 0.3) is 0 Å². The van der Waals surface area contributed by atoms with E-state index in [-0.39, 0.29) is 23.6 Å². The molecule has 138 valence electrons. The molecule has 8 nitrogen and oxygen atoms in total. The van der Waals surface area contributed by atoms with Crippen molar-refractivity contribution in [3.05, 3.63) is 48.5 Å². The number of rotatable bonds is 7. The Morgan fingerprint density at radius 2 is 2.15 bits per heavy atom. The monoisotopic (exact) mass is 359 g/mol. The van der Waals surface area contributed by atoms with Crippen LogP contribution in [0.4, 0.5) is 0 Å². The van der Waals surface area contributed by atoms with Crippen LogP contribution < -0.4 is 10.1 Å². The molecule has 1 fully saturated rings. The lowest BCUT2D eigenvalue weighted by molar-refractivity contribution is -0.124. The van der Waals surface area contributed by atoms with E-state index in [1.807, 2.05) is 10.8 Å². The van der Waals surface area contributed by atoms with E-state index >= 15 is 0 Å². The second-order valence-corrected chi connectivity index (χ2v) is 6.07. The maximum Gasteiger partial charge on any atom is 0.335 e. The smallest absolute Gasteiger partial charge is 0.335 e. The Kier molecular flexibility index (Phi) is 5.85. The molecule has 3 rings (SSSR count). The Morgan fingerprint density at radius 3 is 2.85 bits per heavy atom. The molecule has 8 heteroatoms. The van der Waals surface area contributed by atoms with Gasteiger partial charge in [-0.1, -0.05) is 0 Å². The fourth-order valence-corrected chi connectivity index (χ4v) is 2.77. The van der Waals surface area contributed by atoms with E-state index in [1.54, 1.807) is 24.7 Å². The van der Waals surface area contributed by atoms with Crippen LogP contribution in [0.1, 0.15) is 23.2 Å². The largest absolute Gasteiger partial charge is 0.488 e. The average Bonchev–Trinajstić information content (AvgIpc) is 3.16. The van der Waals surface area contributed by atoms with Crippen molar-refractivity contribution in [2.45, 2.75) is 31.5 Å². The standard InChI is InChI=1S/C18H21N3O5/c22-17(5-8-21-9-7-19-12-21)20-15-11-25-10-6-16(15)26-14-3-1-13(2-4-14)18(23)24/h1-4,7,9,12,15-16H,5-6,8,10-11H2,(H,20,22)(H,23,24)/t15-,16-/m1/s1. The number of carbonyl (C=O) groups excluding carboxylic acids is 1. The highest BCUT2D eigenvalue weighted by atomic mass is 16.5. The molecule has 0 saturated carbocycles. The number of carboxylic acids is 1. The van der Waals surface area contributed by atoms with Crippen molar-refractivity contribution in [1.29, 1.82) is 0 Å². The Labute approximate surface area is 150 Å². The summed E-state index contributed by atoms with van der Waals surface area (Å²) in [6, 6.07) is 5.98. The number of hydrogen-bond donors (Lipinski definition) is 2. The van der Waals surface area contributed by atoms with Crippen LogP contribution in [0.15, 0.2) is 43.0 Å². The molecule has 1 aliphatic rings. The van der Waals surface area contributed by atoms with E-state index in [9.17, 15) is 9.59 Å². The minimum Gasteiger partial charge on any atom is -0.488 e. The molecule has 2 heterocycles. The number of carbonyl (C=O) groups is 2. The summed E-state index contributed by atoms with van der Waals surface area (Å²) < 4.78 is 13.3. The van der Waals surface area contributed by atoms with Gasteiger partial charge in [-0.05, 0) is 24.3 Å². The summed E-state index contributed by atoms with van der Waals surface area (Å²) in [7, 11) is 0. The summed E-state index contributed by atoms with van der Waals surface area (Å²) in [5.41, 5.74) is 0.202.